The van der Waals surface area contributed by atoms with E-state index in [9.17, 15) is 0 Å². The lowest BCUT2D eigenvalue weighted by Gasteiger charge is -2.32. The van der Waals surface area contributed by atoms with Crippen LogP contribution in [0.4, 0.5) is 34.1 Å². The summed E-state index contributed by atoms with van der Waals surface area (Å²) in [7, 11) is 0. The summed E-state index contributed by atoms with van der Waals surface area (Å²) in [6.07, 6.45) is 0. The molecule has 0 fully saturated rings. The van der Waals surface area contributed by atoms with Gasteiger partial charge in [0.05, 0.1) is 22.2 Å². The van der Waals surface area contributed by atoms with Gasteiger partial charge >= 0.3 is 0 Å². The van der Waals surface area contributed by atoms with Crippen LogP contribution in [-0.4, -0.2) is 0 Å². The first-order valence-corrected chi connectivity index (χ1v) is 28.3. The lowest BCUT2D eigenvalue weighted by molar-refractivity contribution is 0.794. The Morgan fingerprint density at radius 1 is 0.218 bits per heavy atom. The first kappa shape index (κ1) is 45.4. The zero-order valence-corrected chi connectivity index (χ0v) is 45.4. The Bertz CT molecular complexity index is 4030. The zero-order valence-electron chi connectivity index (χ0n) is 42.2. The first-order valence-electron chi connectivity index (χ1n) is 26.7. The Kier molecular flexibility index (Phi) is 10.1. The predicted octanol–water partition coefficient (Wildman–Crippen LogP) is 20.5. The maximum absolute atomic E-state index is 3.75. The van der Waals surface area contributed by atoms with Crippen LogP contribution in [0.2, 0.25) is 0 Å². The summed E-state index contributed by atoms with van der Waals surface area (Å²) in [4.78, 5) is 4.89. The van der Waals surface area contributed by atoms with Gasteiger partial charge in [0.1, 0.15) is 0 Å². The summed E-state index contributed by atoms with van der Waals surface area (Å²) < 4.78 is 2.09. The monoisotopic (exact) mass is 1120 g/mol. The van der Waals surface area contributed by atoms with Gasteiger partial charge in [0.15, 0.2) is 0 Å². The van der Waals surface area contributed by atoms with Gasteiger partial charge in [-0.3, -0.25) is 0 Å². The maximum atomic E-state index is 3.75. The number of rotatable bonds is 7. The smallest absolute Gasteiger partial charge is 0.0726 e. The van der Waals surface area contributed by atoms with E-state index >= 15 is 0 Å². The van der Waals surface area contributed by atoms with Crippen molar-refractivity contribution < 1.29 is 0 Å². The van der Waals surface area contributed by atoms with Crippen LogP contribution in [0.25, 0.3) is 55.6 Å². The van der Waals surface area contributed by atoms with Gasteiger partial charge in [-0.1, -0.05) is 226 Å². The molecule has 4 aliphatic carbocycles. The lowest BCUT2D eigenvalue weighted by Crippen LogP contribution is -2.26. The summed E-state index contributed by atoms with van der Waals surface area (Å²) in [5.41, 5.74) is 29.0. The second-order valence-electron chi connectivity index (χ2n) is 20.9. The summed E-state index contributed by atoms with van der Waals surface area (Å²) in [6.45, 7) is 0. The second kappa shape index (κ2) is 17.4. The highest BCUT2D eigenvalue weighted by Crippen LogP contribution is 2.66. The van der Waals surface area contributed by atoms with Crippen molar-refractivity contribution in [3.05, 3.63) is 333 Å². The second-order valence-corrected chi connectivity index (χ2v) is 22.7. The van der Waals surface area contributed by atoms with Gasteiger partial charge in [0, 0.05) is 42.8 Å². The van der Waals surface area contributed by atoms with Crippen molar-refractivity contribution in [2.24, 2.45) is 0 Å². The highest BCUT2D eigenvalue weighted by Gasteiger charge is 2.54. The van der Waals surface area contributed by atoms with E-state index in [1.807, 2.05) is 0 Å². The van der Waals surface area contributed by atoms with Crippen LogP contribution < -0.4 is 9.80 Å². The van der Waals surface area contributed by atoms with Crippen LogP contribution in [0.1, 0.15) is 44.5 Å². The van der Waals surface area contributed by atoms with Crippen LogP contribution >= 0.6 is 31.9 Å². The molecule has 0 saturated carbocycles. The summed E-state index contributed by atoms with van der Waals surface area (Å²) >= 11 is 7.50. The van der Waals surface area contributed by atoms with E-state index < -0.39 is 10.8 Å². The number of benzene rings is 12. The number of halogens is 2. The molecule has 16 rings (SSSR count). The van der Waals surface area contributed by atoms with Gasteiger partial charge in [-0.2, -0.15) is 0 Å². The number of anilines is 6. The van der Waals surface area contributed by atoms with Gasteiger partial charge in [0.25, 0.3) is 0 Å². The molecule has 2 spiro atoms. The molecular weight excluding hydrogens is 1080 g/mol. The van der Waals surface area contributed by atoms with E-state index in [-0.39, 0.29) is 0 Å². The Hall–Kier alpha value is -8.80. The number of nitrogens with zero attached hydrogens (tertiary/aromatic N) is 2. The largest absolute Gasteiger partial charge is 0.310 e. The molecule has 0 atom stereocenters. The average molecular weight is 1120 g/mol. The summed E-state index contributed by atoms with van der Waals surface area (Å²) in [5, 5.41) is 0. The van der Waals surface area contributed by atoms with Crippen molar-refractivity contribution >= 4 is 66.0 Å². The molecule has 0 heterocycles. The Morgan fingerprint density at radius 3 is 0.769 bits per heavy atom. The van der Waals surface area contributed by atoms with Gasteiger partial charge in [0.2, 0.25) is 0 Å². The fourth-order valence-electron chi connectivity index (χ4n) is 14.3. The van der Waals surface area contributed by atoms with E-state index in [0.717, 1.165) is 54.2 Å². The van der Waals surface area contributed by atoms with E-state index in [4.69, 9.17) is 0 Å². The number of hydrogen-bond donors (Lipinski definition) is 0. The Labute approximate surface area is 471 Å². The lowest BCUT2D eigenvalue weighted by atomic mass is 9.70. The Balaban J connectivity index is 0.810. The quantitative estimate of drug-likeness (QED) is 0.157. The molecule has 0 radical (unpaired) electrons. The van der Waals surface area contributed by atoms with Gasteiger partial charge in [-0.15, -0.1) is 0 Å². The molecule has 0 unspecified atom stereocenters. The maximum Gasteiger partial charge on any atom is 0.0726 e. The molecule has 0 amide bonds. The summed E-state index contributed by atoms with van der Waals surface area (Å²) in [6, 6.07) is 104. The molecule has 12 aromatic rings. The third-order valence-corrected chi connectivity index (χ3v) is 18.3. The molecule has 0 aliphatic heterocycles. The fourth-order valence-corrected chi connectivity index (χ4v) is 14.8. The minimum Gasteiger partial charge on any atom is -0.310 e. The van der Waals surface area contributed by atoms with Crippen LogP contribution in [0.3, 0.4) is 0 Å². The van der Waals surface area contributed by atoms with Crippen LogP contribution in [-0.2, 0) is 10.8 Å². The average Bonchev–Trinajstić information content (AvgIpc) is 3.93. The third-order valence-electron chi connectivity index (χ3n) is 17.2. The molecule has 366 valence electrons. The predicted molar refractivity (Wildman–Crippen MR) is 329 cm³/mol. The van der Waals surface area contributed by atoms with E-state index in [2.05, 4.69) is 321 Å². The van der Waals surface area contributed by atoms with E-state index in [0.29, 0.717) is 0 Å². The van der Waals surface area contributed by atoms with Crippen LogP contribution in [0.15, 0.2) is 288 Å². The first-order chi connectivity index (χ1) is 38.5. The van der Waals surface area contributed by atoms with E-state index in [1.54, 1.807) is 0 Å². The summed E-state index contributed by atoms with van der Waals surface area (Å²) in [5.74, 6) is 0. The number of fused-ring (bicyclic) bond motifs is 20. The van der Waals surface area contributed by atoms with Crippen molar-refractivity contribution in [3.8, 4) is 55.6 Å². The normalized spacial score (nSPS) is 13.7. The molecule has 2 nitrogen and oxygen atoms in total. The molecular formula is C74H46Br2N2. The van der Waals surface area contributed by atoms with Crippen LogP contribution in [0.5, 0.6) is 0 Å². The minimum absolute atomic E-state index is 0.439. The topological polar surface area (TPSA) is 6.48 Å². The van der Waals surface area contributed by atoms with Gasteiger partial charge < -0.3 is 9.80 Å². The third kappa shape index (κ3) is 6.24. The van der Waals surface area contributed by atoms with Crippen molar-refractivity contribution in [2.75, 3.05) is 9.80 Å². The highest BCUT2D eigenvalue weighted by atomic mass is 79.9. The molecule has 0 bridgehead atoms. The molecule has 0 aromatic heterocycles. The van der Waals surface area contributed by atoms with Crippen molar-refractivity contribution in [3.63, 3.8) is 0 Å². The van der Waals surface area contributed by atoms with E-state index in [1.165, 1.54) is 89.0 Å². The molecule has 4 heteroatoms. The minimum atomic E-state index is -0.439. The van der Waals surface area contributed by atoms with Crippen molar-refractivity contribution in [1.82, 2.24) is 0 Å². The zero-order chi connectivity index (χ0) is 51.7. The van der Waals surface area contributed by atoms with Crippen LogP contribution in [0, 0.1) is 0 Å². The van der Waals surface area contributed by atoms with Gasteiger partial charge in [-0.25, -0.2) is 0 Å². The number of hydrogen-bond acceptors (Lipinski definition) is 2. The molecule has 0 saturated heterocycles. The SMILES string of the molecule is Brc1ccc(N(c2ccc(-c3ccc(N(c4ccc(Br)cc4)c4cccc5c4-c4ccccc4C54c5ccccc5-c5ccccc54)cc3)cc2)c2cccc3c2-c2ccccc2C32c3ccccc3-c3ccccc32)cc1. The van der Waals surface area contributed by atoms with Crippen molar-refractivity contribution in [2.45, 2.75) is 10.8 Å². The molecule has 78 heavy (non-hydrogen) atoms. The Morgan fingerprint density at radius 2 is 0.462 bits per heavy atom. The molecule has 4 aliphatic rings. The highest BCUT2D eigenvalue weighted by molar-refractivity contribution is 9.10. The van der Waals surface area contributed by atoms with Crippen molar-refractivity contribution in [1.29, 1.82) is 0 Å². The standard InChI is InChI=1S/C74H46Br2N2/c75-49-35-43-53(44-36-49)77(69-29-13-27-67-71(69)59-19-5-11-25-65(59)73(67)61-21-7-1-15-55(61)56-16-2-8-22-62(56)73)51-39-31-47(32-40-51)48-33-41-52(42-34-48)78(54-45-37-50(76)38-46-54)70-30-14-28-68-72(70)60-20-6-12-26-66(60)74(68)63-23-9-3-17-57(63)58-18-4-10-24-64(58)74/h1-46H. The molecule has 12 aromatic carbocycles. The van der Waals surface area contributed by atoms with Gasteiger partial charge in [-0.05, 0) is 174 Å². The fraction of sp³-hybridized carbons (Fsp3) is 0.0270. The molecule has 0 N–H and O–H groups in total.